The first-order chi connectivity index (χ1) is 6.68. The van der Waals surface area contributed by atoms with Crippen molar-refractivity contribution in [2.75, 3.05) is 7.05 Å². The summed E-state index contributed by atoms with van der Waals surface area (Å²) in [5.41, 5.74) is 6.65. The predicted molar refractivity (Wildman–Crippen MR) is 69.0 cm³/mol. The van der Waals surface area contributed by atoms with Crippen LogP contribution in [-0.4, -0.2) is 18.6 Å². The van der Waals surface area contributed by atoms with Crippen molar-refractivity contribution >= 4 is 0 Å². The third-order valence-corrected chi connectivity index (χ3v) is 3.06. The van der Waals surface area contributed by atoms with Crippen molar-refractivity contribution < 1.29 is 0 Å². The van der Waals surface area contributed by atoms with E-state index in [1.165, 1.54) is 25.7 Å². The van der Waals surface area contributed by atoms with Crippen LogP contribution in [0.5, 0.6) is 0 Å². The van der Waals surface area contributed by atoms with Gasteiger partial charge in [0.25, 0.3) is 0 Å². The van der Waals surface area contributed by atoms with Crippen LogP contribution in [-0.2, 0) is 0 Å². The zero-order valence-corrected chi connectivity index (χ0v) is 11.5. The third-order valence-electron chi connectivity index (χ3n) is 3.06. The molecule has 3 N–H and O–H groups in total. The maximum absolute atomic E-state index is 6.05. The molecule has 1 aliphatic rings. The van der Waals surface area contributed by atoms with Gasteiger partial charge in [-0.3, -0.25) is 0 Å². The van der Waals surface area contributed by atoms with Crippen molar-refractivity contribution in [2.45, 2.75) is 71.9 Å². The molecule has 0 spiro atoms. The van der Waals surface area contributed by atoms with E-state index in [1.54, 1.807) is 0 Å². The normalized spacial score (nSPS) is 29.6. The van der Waals surface area contributed by atoms with E-state index in [4.69, 9.17) is 5.73 Å². The van der Waals surface area contributed by atoms with Crippen molar-refractivity contribution in [1.29, 1.82) is 0 Å². The fraction of sp³-hybridized carbons (Fsp3) is 1.00. The Kier molecular flexibility index (Phi) is 5.82. The van der Waals surface area contributed by atoms with E-state index >= 15 is 0 Å². The first-order valence-corrected chi connectivity index (χ1v) is 6.15. The molecule has 0 heterocycles. The van der Waals surface area contributed by atoms with Gasteiger partial charge in [-0.25, -0.2) is 0 Å². The highest BCUT2D eigenvalue weighted by molar-refractivity contribution is 4.90. The Morgan fingerprint density at radius 3 is 1.80 bits per heavy atom. The van der Waals surface area contributed by atoms with E-state index in [-0.39, 0.29) is 5.54 Å². The summed E-state index contributed by atoms with van der Waals surface area (Å²) < 4.78 is 0. The van der Waals surface area contributed by atoms with E-state index in [2.05, 4.69) is 39.9 Å². The van der Waals surface area contributed by atoms with Crippen molar-refractivity contribution in [3.8, 4) is 0 Å². The standard InChI is InChI=1S/C9H19N.C4H11N/c1-8(2)5-4-6-9(3,10)7-8;1-4(2)5-3/h4-7,10H2,1-3H3;4-5H,1-3H3. The van der Waals surface area contributed by atoms with E-state index in [0.717, 1.165) is 0 Å². The van der Waals surface area contributed by atoms with Crippen molar-refractivity contribution in [3.05, 3.63) is 0 Å². The molecule has 1 atom stereocenters. The molecule has 0 aliphatic heterocycles. The molecule has 2 heteroatoms. The summed E-state index contributed by atoms with van der Waals surface area (Å²) in [5.74, 6) is 0. The first kappa shape index (κ1) is 14.9. The molecule has 0 amide bonds. The molecule has 1 aliphatic carbocycles. The molecule has 92 valence electrons. The summed E-state index contributed by atoms with van der Waals surface area (Å²) in [6, 6.07) is 0.634. The minimum absolute atomic E-state index is 0.113. The molecule has 0 bridgehead atoms. The van der Waals surface area contributed by atoms with Crippen LogP contribution in [0.4, 0.5) is 0 Å². The van der Waals surface area contributed by atoms with E-state index in [1.807, 2.05) is 7.05 Å². The van der Waals surface area contributed by atoms with Crippen LogP contribution in [0.2, 0.25) is 0 Å². The fourth-order valence-electron chi connectivity index (χ4n) is 2.24. The van der Waals surface area contributed by atoms with Gasteiger partial charge in [0.05, 0.1) is 0 Å². The molecule has 0 aromatic heterocycles. The average molecular weight is 214 g/mol. The van der Waals surface area contributed by atoms with Crippen LogP contribution in [0.15, 0.2) is 0 Å². The number of hydrogen-bond acceptors (Lipinski definition) is 2. The minimum Gasteiger partial charge on any atom is -0.325 e. The van der Waals surface area contributed by atoms with Crippen LogP contribution < -0.4 is 11.1 Å². The summed E-state index contributed by atoms with van der Waals surface area (Å²) >= 11 is 0. The summed E-state index contributed by atoms with van der Waals surface area (Å²) in [6.45, 7) is 11.0. The maximum atomic E-state index is 6.05. The van der Waals surface area contributed by atoms with E-state index < -0.39 is 0 Å². The number of rotatable bonds is 1. The van der Waals surface area contributed by atoms with Crippen molar-refractivity contribution in [2.24, 2.45) is 11.1 Å². The van der Waals surface area contributed by atoms with Crippen LogP contribution in [0.1, 0.15) is 60.3 Å². The van der Waals surface area contributed by atoms with Gasteiger partial charge in [-0.15, -0.1) is 0 Å². The Morgan fingerprint density at radius 1 is 1.13 bits per heavy atom. The smallest absolute Gasteiger partial charge is 0.0131 e. The Morgan fingerprint density at radius 2 is 1.60 bits per heavy atom. The Balaban J connectivity index is 0.000000336. The second-order valence-electron chi connectivity index (χ2n) is 6.29. The van der Waals surface area contributed by atoms with Gasteiger partial charge >= 0.3 is 0 Å². The molecule has 1 fully saturated rings. The highest BCUT2D eigenvalue weighted by Crippen LogP contribution is 2.39. The van der Waals surface area contributed by atoms with Crippen LogP contribution in [0.3, 0.4) is 0 Å². The van der Waals surface area contributed by atoms with Gasteiger partial charge in [0.1, 0.15) is 0 Å². The van der Waals surface area contributed by atoms with Crippen LogP contribution >= 0.6 is 0 Å². The molecule has 0 aromatic carbocycles. The molecule has 0 aromatic rings. The highest BCUT2D eigenvalue weighted by Gasteiger charge is 2.33. The monoisotopic (exact) mass is 214 g/mol. The zero-order chi connectivity index (χ0) is 12.1. The van der Waals surface area contributed by atoms with Gasteiger partial charge in [-0.2, -0.15) is 0 Å². The molecule has 0 saturated heterocycles. The second-order valence-corrected chi connectivity index (χ2v) is 6.29. The molecule has 1 unspecified atom stereocenters. The summed E-state index contributed by atoms with van der Waals surface area (Å²) in [6.07, 6.45) is 5.04. The van der Waals surface area contributed by atoms with Gasteiger partial charge in [0, 0.05) is 11.6 Å². The van der Waals surface area contributed by atoms with Crippen molar-refractivity contribution in [3.63, 3.8) is 0 Å². The molecule has 1 saturated carbocycles. The number of hydrogen-bond donors (Lipinski definition) is 2. The van der Waals surface area contributed by atoms with Gasteiger partial charge < -0.3 is 11.1 Å². The highest BCUT2D eigenvalue weighted by atomic mass is 14.8. The molecular weight excluding hydrogens is 184 g/mol. The summed E-state index contributed by atoms with van der Waals surface area (Å²) in [7, 11) is 1.95. The van der Waals surface area contributed by atoms with Crippen LogP contribution in [0.25, 0.3) is 0 Å². The third kappa shape index (κ3) is 7.80. The second kappa shape index (κ2) is 5.86. The lowest BCUT2D eigenvalue weighted by atomic mass is 9.69. The Bertz CT molecular complexity index is 157. The lowest BCUT2D eigenvalue weighted by molar-refractivity contribution is 0.164. The Labute approximate surface area is 96.0 Å². The van der Waals surface area contributed by atoms with E-state index in [9.17, 15) is 0 Å². The average Bonchev–Trinajstić information content (AvgIpc) is 2.00. The SMILES string of the molecule is CC1(C)CCCC(C)(N)C1.CNC(C)C. The summed E-state index contributed by atoms with van der Waals surface area (Å²) in [4.78, 5) is 0. The molecule has 2 nitrogen and oxygen atoms in total. The number of nitrogens with one attached hydrogen (secondary N) is 1. The topological polar surface area (TPSA) is 38.0 Å². The predicted octanol–water partition coefficient (Wildman–Crippen LogP) is 2.92. The molecule has 0 radical (unpaired) electrons. The largest absolute Gasteiger partial charge is 0.325 e. The van der Waals surface area contributed by atoms with Crippen LogP contribution in [0, 0.1) is 5.41 Å². The lowest BCUT2D eigenvalue weighted by Crippen LogP contribution is -2.43. The first-order valence-electron chi connectivity index (χ1n) is 6.15. The Hall–Kier alpha value is -0.0800. The quantitative estimate of drug-likeness (QED) is 0.704. The molecule has 15 heavy (non-hydrogen) atoms. The zero-order valence-electron chi connectivity index (χ0n) is 11.5. The fourth-order valence-corrected chi connectivity index (χ4v) is 2.24. The van der Waals surface area contributed by atoms with Gasteiger partial charge in [0.15, 0.2) is 0 Å². The number of nitrogens with two attached hydrogens (primary N) is 1. The molecule has 1 rings (SSSR count). The maximum Gasteiger partial charge on any atom is 0.0131 e. The van der Waals surface area contributed by atoms with Gasteiger partial charge in [-0.05, 0) is 38.6 Å². The van der Waals surface area contributed by atoms with Gasteiger partial charge in [-0.1, -0.05) is 34.1 Å². The summed E-state index contributed by atoms with van der Waals surface area (Å²) in [5, 5.41) is 3.03. The molecular formula is C13H30N2. The minimum atomic E-state index is 0.113. The van der Waals surface area contributed by atoms with E-state index in [0.29, 0.717) is 11.5 Å². The lowest BCUT2D eigenvalue weighted by Gasteiger charge is -2.40. The van der Waals surface area contributed by atoms with Crippen molar-refractivity contribution in [1.82, 2.24) is 5.32 Å². The van der Waals surface area contributed by atoms with Gasteiger partial charge in [0.2, 0.25) is 0 Å².